The number of imidazole rings is 1. The van der Waals surface area contributed by atoms with Crippen LogP contribution in [0.2, 0.25) is 0 Å². The molecule has 3 rings (SSSR count). The number of nitrogens with two attached hydrogens (primary N) is 1. The van der Waals surface area contributed by atoms with E-state index in [1.807, 2.05) is 12.5 Å². The van der Waals surface area contributed by atoms with Crippen molar-refractivity contribution in [1.82, 2.24) is 9.55 Å². The second-order valence-electron chi connectivity index (χ2n) is 5.20. The van der Waals surface area contributed by atoms with Crippen LogP contribution in [0.4, 0.5) is 0 Å². The number of hydrogen-bond donors (Lipinski definition) is 1. The van der Waals surface area contributed by atoms with Crippen LogP contribution in [0.3, 0.4) is 0 Å². The monoisotopic (exact) mass is 241 g/mol. The van der Waals surface area contributed by atoms with Crippen LogP contribution in [0.25, 0.3) is 11.3 Å². The van der Waals surface area contributed by atoms with Gasteiger partial charge >= 0.3 is 0 Å². The van der Waals surface area contributed by atoms with E-state index in [1.165, 1.54) is 29.7 Å². The third-order valence-corrected chi connectivity index (χ3v) is 3.74. The maximum Gasteiger partial charge on any atom is 0.0954 e. The van der Waals surface area contributed by atoms with Gasteiger partial charge in [-0.05, 0) is 31.7 Å². The molecule has 1 aliphatic carbocycles. The zero-order valence-corrected chi connectivity index (χ0v) is 10.7. The lowest BCUT2D eigenvalue weighted by atomic mass is 10.1. The molecule has 1 unspecified atom stereocenters. The summed E-state index contributed by atoms with van der Waals surface area (Å²) in [6, 6.07) is 8.96. The highest BCUT2D eigenvalue weighted by molar-refractivity contribution is 5.60. The Morgan fingerprint density at radius 2 is 2.28 bits per heavy atom. The fourth-order valence-corrected chi connectivity index (χ4v) is 2.61. The Morgan fingerprint density at radius 3 is 2.94 bits per heavy atom. The maximum absolute atomic E-state index is 5.93. The first-order valence-corrected chi connectivity index (χ1v) is 6.58. The van der Waals surface area contributed by atoms with Crippen molar-refractivity contribution in [2.24, 2.45) is 11.7 Å². The van der Waals surface area contributed by atoms with E-state index in [-0.39, 0.29) is 0 Å². The molecule has 3 nitrogen and oxygen atoms in total. The number of hydrogen-bond acceptors (Lipinski definition) is 2. The van der Waals surface area contributed by atoms with Crippen molar-refractivity contribution in [1.29, 1.82) is 0 Å². The summed E-state index contributed by atoms with van der Waals surface area (Å²) < 4.78 is 2.26. The van der Waals surface area contributed by atoms with Crippen molar-refractivity contribution in [3.63, 3.8) is 0 Å². The Labute approximate surface area is 108 Å². The minimum Gasteiger partial charge on any atom is -0.328 e. The van der Waals surface area contributed by atoms with Crippen molar-refractivity contribution < 1.29 is 0 Å². The highest BCUT2D eigenvalue weighted by Crippen LogP contribution is 2.40. The average molecular weight is 241 g/mol. The average Bonchev–Trinajstić information content (AvgIpc) is 3.08. The molecule has 1 aromatic carbocycles. The molecule has 0 aliphatic heterocycles. The summed E-state index contributed by atoms with van der Waals surface area (Å²) in [4.78, 5) is 4.31. The number of aryl methyl sites for hydroxylation is 1. The number of rotatable bonds is 4. The van der Waals surface area contributed by atoms with E-state index in [2.05, 4.69) is 40.7 Å². The largest absolute Gasteiger partial charge is 0.328 e. The molecule has 94 valence electrons. The predicted octanol–water partition coefficient (Wildman–Crippen LogP) is 2.77. The van der Waals surface area contributed by atoms with Gasteiger partial charge in [0.05, 0.1) is 24.3 Å². The fourth-order valence-electron chi connectivity index (χ4n) is 2.61. The number of aromatic nitrogens is 2. The molecule has 0 radical (unpaired) electrons. The molecule has 0 saturated heterocycles. The van der Waals surface area contributed by atoms with E-state index in [0.717, 1.165) is 5.92 Å². The van der Waals surface area contributed by atoms with E-state index in [4.69, 9.17) is 5.73 Å². The molecule has 1 saturated carbocycles. The summed E-state index contributed by atoms with van der Waals surface area (Å²) >= 11 is 0. The normalized spacial score (nSPS) is 16.8. The molecule has 1 fully saturated rings. The van der Waals surface area contributed by atoms with Crippen molar-refractivity contribution in [3.05, 3.63) is 42.4 Å². The predicted molar refractivity (Wildman–Crippen MR) is 73.2 cm³/mol. The highest BCUT2D eigenvalue weighted by Gasteiger charge is 2.32. The first-order valence-electron chi connectivity index (χ1n) is 6.58. The molecule has 2 aromatic rings. The Morgan fingerprint density at radius 1 is 1.44 bits per heavy atom. The second kappa shape index (κ2) is 4.58. The lowest BCUT2D eigenvalue weighted by Gasteiger charge is -2.19. The standard InChI is InChI=1S/C15H19N3/c1-11-3-2-4-13(7-11)15-9-17-10-18(15)14(8-16)12-5-6-12/h2-4,7,9-10,12,14H,5-6,8,16H2,1H3. The minimum absolute atomic E-state index is 0.406. The van der Waals surface area contributed by atoms with Crippen LogP contribution in [0, 0.1) is 12.8 Å². The van der Waals surface area contributed by atoms with Gasteiger partial charge < -0.3 is 10.3 Å². The van der Waals surface area contributed by atoms with Gasteiger partial charge in [0, 0.05) is 12.1 Å². The van der Waals surface area contributed by atoms with E-state index < -0.39 is 0 Å². The van der Waals surface area contributed by atoms with Gasteiger partial charge in [0.25, 0.3) is 0 Å². The third kappa shape index (κ3) is 2.06. The molecular weight excluding hydrogens is 222 g/mol. The number of benzene rings is 1. The third-order valence-electron chi connectivity index (χ3n) is 3.74. The molecule has 0 bridgehead atoms. The lowest BCUT2D eigenvalue weighted by molar-refractivity contribution is 0.458. The molecule has 0 amide bonds. The Kier molecular flexibility index (Phi) is 2.92. The summed E-state index contributed by atoms with van der Waals surface area (Å²) in [6.07, 6.45) is 6.47. The van der Waals surface area contributed by atoms with Crippen LogP contribution >= 0.6 is 0 Å². The molecular formula is C15H19N3. The molecule has 1 aliphatic rings. The molecule has 18 heavy (non-hydrogen) atoms. The van der Waals surface area contributed by atoms with Crippen LogP contribution in [-0.2, 0) is 0 Å². The first-order chi connectivity index (χ1) is 8.79. The minimum atomic E-state index is 0.406. The summed E-state index contributed by atoms with van der Waals surface area (Å²) in [6.45, 7) is 2.81. The second-order valence-corrected chi connectivity index (χ2v) is 5.20. The summed E-state index contributed by atoms with van der Waals surface area (Å²) in [5, 5.41) is 0. The molecule has 1 heterocycles. The Hall–Kier alpha value is -1.61. The van der Waals surface area contributed by atoms with Gasteiger partial charge in [0.2, 0.25) is 0 Å². The van der Waals surface area contributed by atoms with Crippen LogP contribution in [-0.4, -0.2) is 16.1 Å². The highest BCUT2D eigenvalue weighted by atomic mass is 15.1. The van der Waals surface area contributed by atoms with E-state index >= 15 is 0 Å². The zero-order valence-electron chi connectivity index (χ0n) is 10.7. The quantitative estimate of drug-likeness (QED) is 0.894. The van der Waals surface area contributed by atoms with Gasteiger partial charge in [-0.2, -0.15) is 0 Å². The van der Waals surface area contributed by atoms with Gasteiger partial charge in [-0.15, -0.1) is 0 Å². The van der Waals surface area contributed by atoms with Crippen LogP contribution in [0.5, 0.6) is 0 Å². The molecule has 2 N–H and O–H groups in total. The van der Waals surface area contributed by atoms with Crippen molar-refractivity contribution >= 4 is 0 Å². The molecule has 3 heteroatoms. The SMILES string of the molecule is Cc1cccc(-c2cncn2C(CN)C2CC2)c1. The maximum atomic E-state index is 5.93. The van der Waals surface area contributed by atoms with Gasteiger partial charge in [-0.3, -0.25) is 0 Å². The van der Waals surface area contributed by atoms with Gasteiger partial charge in [-0.1, -0.05) is 23.8 Å². The summed E-state index contributed by atoms with van der Waals surface area (Å²) in [5.41, 5.74) is 9.62. The smallest absolute Gasteiger partial charge is 0.0954 e. The molecule has 1 aromatic heterocycles. The van der Waals surface area contributed by atoms with Gasteiger partial charge in [0.15, 0.2) is 0 Å². The van der Waals surface area contributed by atoms with E-state index in [0.29, 0.717) is 12.6 Å². The first kappa shape index (κ1) is 11.5. The van der Waals surface area contributed by atoms with Crippen LogP contribution in [0.15, 0.2) is 36.8 Å². The van der Waals surface area contributed by atoms with E-state index in [9.17, 15) is 0 Å². The van der Waals surface area contributed by atoms with E-state index in [1.54, 1.807) is 0 Å². The van der Waals surface area contributed by atoms with Crippen LogP contribution < -0.4 is 5.73 Å². The van der Waals surface area contributed by atoms with Gasteiger partial charge in [0.1, 0.15) is 0 Å². The zero-order chi connectivity index (χ0) is 12.5. The molecule has 1 atom stereocenters. The molecule has 0 spiro atoms. The van der Waals surface area contributed by atoms with Crippen LogP contribution in [0.1, 0.15) is 24.4 Å². The van der Waals surface area contributed by atoms with Crippen molar-refractivity contribution in [2.45, 2.75) is 25.8 Å². The summed E-state index contributed by atoms with van der Waals surface area (Å²) in [7, 11) is 0. The topological polar surface area (TPSA) is 43.8 Å². The van der Waals surface area contributed by atoms with Crippen molar-refractivity contribution in [3.8, 4) is 11.3 Å². The Bertz CT molecular complexity index is 540. The summed E-state index contributed by atoms with van der Waals surface area (Å²) in [5.74, 6) is 0.743. The van der Waals surface area contributed by atoms with Gasteiger partial charge in [-0.25, -0.2) is 4.98 Å². The number of nitrogens with zero attached hydrogens (tertiary/aromatic N) is 2. The fraction of sp³-hybridized carbons (Fsp3) is 0.400. The lowest BCUT2D eigenvalue weighted by Crippen LogP contribution is -2.21. The van der Waals surface area contributed by atoms with Crippen molar-refractivity contribution in [2.75, 3.05) is 6.54 Å². The Balaban J connectivity index is 2.00.